The number of rotatable bonds is 7. The Balaban J connectivity index is 1.75. The molecule has 0 radical (unpaired) electrons. The first kappa shape index (κ1) is 18.6. The van der Waals surface area contributed by atoms with Crippen LogP contribution in [0.2, 0.25) is 0 Å². The maximum atomic E-state index is 5.57. The number of fused-ring (bicyclic) bond motifs is 1. The second-order valence-electron chi connectivity index (χ2n) is 6.00. The number of anilines is 1. The van der Waals surface area contributed by atoms with Gasteiger partial charge in [0.1, 0.15) is 0 Å². The molecule has 0 aliphatic heterocycles. The van der Waals surface area contributed by atoms with Crippen molar-refractivity contribution in [3.63, 3.8) is 0 Å². The number of ether oxygens (including phenoxy) is 2. The first-order valence-corrected chi connectivity index (χ1v) is 9.16. The highest BCUT2D eigenvalue weighted by molar-refractivity contribution is 5.94. The van der Waals surface area contributed by atoms with Crippen molar-refractivity contribution < 1.29 is 9.47 Å². The number of aromatic amines is 1. The number of H-pyrrole nitrogens is 1. The van der Waals surface area contributed by atoms with E-state index < -0.39 is 0 Å². The van der Waals surface area contributed by atoms with Crippen LogP contribution < -0.4 is 20.1 Å². The Labute approximate surface area is 159 Å². The molecule has 0 unspecified atom stereocenters. The first-order chi connectivity index (χ1) is 13.2. The van der Waals surface area contributed by atoms with Crippen LogP contribution in [0, 0.1) is 0 Å². The lowest BCUT2D eigenvalue weighted by Gasteiger charge is -2.14. The summed E-state index contributed by atoms with van der Waals surface area (Å²) in [6.45, 7) is 5.91. The standard InChI is InChI=1S/C21H26N4O2/c1-4-22-21(23-14-17-12-15-8-6-7-9-18(15)24-17)25-16-10-11-19(27-5-2)20(13-16)26-3/h6-13,24H,4-5,14H2,1-3H3,(H2,22,23,25). The minimum absolute atomic E-state index is 0.554. The molecule has 0 atom stereocenters. The van der Waals surface area contributed by atoms with Gasteiger partial charge in [0.2, 0.25) is 0 Å². The fourth-order valence-electron chi connectivity index (χ4n) is 2.85. The minimum Gasteiger partial charge on any atom is -0.493 e. The van der Waals surface area contributed by atoms with Crippen LogP contribution in [-0.4, -0.2) is 31.2 Å². The van der Waals surface area contributed by atoms with Gasteiger partial charge in [-0.25, -0.2) is 4.99 Å². The minimum atomic E-state index is 0.554. The number of nitrogens with one attached hydrogen (secondary N) is 3. The van der Waals surface area contributed by atoms with E-state index in [9.17, 15) is 0 Å². The topological polar surface area (TPSA) is 70.7 Å². The quantitative estimate of drug-likeness (QED) is 0.434. The lowest BCUT2D eigenvalue weighted by atomic mass is 10.2. The third-order valence-electron chi connectivity index (χ3n) is 4.06. The van der Waals surface area contributed by atoms with Crippen molar-refractivity contribution >= 4 is 22.5 Å². The third kappa shape index (κ3) is 4.73. The maximum absolute atomic E-state index is 5.57. The molecule has 2 aromatic carbocycles. The zero-order chi connectivity index (χ0) is 19.1. The van der Waals surface area contributed by atoms with Crippen LogP contribution in [0.4, 0.5) is 5.69 Å². The predicted octanol–water partition coefficient (Wildman–Crippen LogP) is 4.15. The van der Waals surface area contributed by atoms with Crippen LogP contribution in [0.25, 0.3) is 10.9 Å². The summed E-state index contributed by atoms with van der Waals surface area (Å²) in [4.78, 5) is 8.08. The Morgan fingerprint density at radius 1 is 1.07 bits per heavy atom. The SMILES string of the molecule is CCNC(=NCc1cc2ccccc2[nH]1)Nc1ccc(OCC)c(OC)c1. The van der Waals surface area contributed by atoms with Gasteiger partial charge in [0.25, 0.3) is 0 Å². The molecular formula is C21H26N4O2. The van der Waals surface area contributed by atoms with Gasteiger partial charge in [0, 0.05) is 29.5 Å². The van der Waals surface area contributed by atoms with Gasteiger partial charge < -0.3 is 25.1 Å². The summed E-state index contributed by atoms with van der Waals surface area (Å²) in [6, 6.07) is 16.1. The molecule has 3 N–H and O–H groups in total. The number of aliphatic imine (C=N–C) groups is 1. The highest BCUT2D eigenvalue weighted by Gasteiger charge is 2.07. The molecule has 1 aromatic heterocycles. The van der Waals surface area contributed by atoms with Gasteiger partial charge in [0.05, 0.1) is 20.3 Å². The lowest BCUT2D eigenvalue weighted by molar-refractivity contribution is 0.311. The van der Waals surface area contributed by atoms with Crippen molar-refractivity contribution in [2.45, 2.75) is 20.4 Å². The fraction of sp³-hybridized carbons (Fsp3) is 0.286. The molecule has 0 aliphatic carbocycles. The van der Waals surface area contributed by atoms with Gasteiger partial charge in [-0.15, -0.1) is 0 Å². The van der Waals surface area contributed by atoms with E-state index >= 15 is 0 Å². The van der Waals surface area contributed by atoms with E-state index in [0.717, 1.165) is 29.2 Å². The van der Waals surface area contributed by atoms with Crippen LogP contribution in [-0.2, 0) is 6.54 Å². The summed E-state index contributed by atoms with van der Waals surface area (Å²) in [5.41, 5.74) is 3.07. The fourth-order valence-corrected chi connectivity index (χ4v) is 2.85. The average molecular weight is 366 g/mol. The van der Waals surface area contributed by atoms with Gasteiger partial charge >= 0.3 is 0 Å². The highest BCUT2D eigenvalue weighted by atomic mass is 16.5. The zero-order valence-corrected chi connectivity index (χ0v) is 16.0. The van der Waals surface area contributed by atoms with E-state index in [1.165, 1.54) is 5.39 Å². The Morgan fingerprint density at radius 3 is 2.67 bits per heavy atom. The largest absolute Gasteiger partial charge is 0.493 e. The van der Waals surface area contributed by atoms with Crippen molar-refractivity contribution in [2.75, 3.05) is 25.6 Å². The maximum Gasteiger partial charge on any atom is 0.196 e. The number of hydrogen-bond donors (Lipinski definition) is 3. The van der Waals surface area contributed by atoms with E-state index in [-0.39, 0.29) is 0 Å². The van der Waals surface area contributed by atoms with E-state index in [4.69, 9.17) is 9.47 Å². The van der Waals surface area contributed by atoms with Gasteiger partial charge in [-0.3, -0.25) is 0 Å². The molecule has 142 valence electrons. The molecule has 6 nitrogen and oxygen atoms in total. The summed E-state index contributed by atoms with van der Waals surface area (Å²) < 4.78 is 11.0. The molecule has 3 aromatic rings. The molecule has 3 rings (SSSR count). The van der Waals surface area contributed by atoms with Crippen molar-refractivity contribution in [3.05, 3.63) is 54.2 Å². The van der Waals surface area contributed by atoms with Gasteiger partial charge in [-0.05, 0) is 43.5 Å². The molecule has 27 heavy (non-hydrogen) atoms. The van der Waals surface area contributed by atoms with Crippen molar-refractivity contribution in [2.24, 2.45) is 4.99 Å². The van der Waals surface area contributed by atoms with E-state index in [2.05, 4.69) is 38.8 Å². The Kier molecular flexibility index (Phi) is 6.20. The molecule has 0 spiro atoms. The summed E-state index contributed by atoms with van der Waals surface area (Å²) in [5.74, 6) is 2.13. The summed E-state index contributed by atoms with van der Waals surface area (Å²) in [6.07, 6.45) is 0. The number of hydrogen-bond acceptors (Lipinski definition) is 3. The number of methoxy groups -OCH3 is 1. The molecular weight excluding hydrogens is 340 g/mol. The molecule has 1 heterocycles. The van der Waals surface area contributed by atoms with E-state index in [1.54, 1.807) is 7.11 Å². The zero-order valence-electron chi connectivity index (χ0n) is 16.0. The summed E-state index contributed by atoms with van der Waals surface area (Å²) in [5, 5.41) is 7.77. The average Bonchev–Trinajstić information content (AvgIpc) is 3.10. The normalized spacial score (nSPS) is 11.4. The van der Waals surface area contributed by atoms with Crippen molar-refractivity contribution in [1.29, 1.82) is 0 Å². The van der Waals surface area contributed by atoms with Crippen LogP contribution in [0.3, 0.4) is 0 Å². The molecule has 0 amide bonds. The van der Waals surface area contributed by atoms with E-state index in [1.807, 2.05) is 44.2 Å². The van der Waals surface area contributed by atoms with Gasteiger partial charge in [-0.2, -0.15) is 0 Å². The monoisotopic (exact) mass is 366 g/mol. The second-order valence-corrected chi connectivity index (χ2v) is 6.00. The Bertz CT molecular complexity index is 884. The molecule has 0 bridgehead atoms. The van der Waals surface area contributed by atoms with Crippen LogP contribution in [0.5, 0.6) is 11.5 Å². The number of benzene rings is 2. The second kappa shape index (κ2) is 8.98. The smallest absolute Gasteiger partial charge is 0.196 e. The van der Waals surface area contributed by atoms with Crippen molar-refractivity contribution in [3.8, 4) is 11.5 Å². The molecule has 0 saturated carbocycles. The van der Waals surface area contributed by atoms with E-state index in [0.29, 0.717) is 24.9 Å². The van der Waals surface area contributed by atoms with Crippen LogP contribution >= 0.6 is 0 Å². The summed E-state index contributed by atoms with van der Waals surface area (Å²) >= 11 is 0. The van der Waals surface area contributed by atoms with Gasteiger partial charge in [-0.1, -0.05) is 18.2 Å². The van der Waals surface area contributed by atoms with Crippen molar-refractivity contribution in [1.82, 2.24) is 10.3 Å². The number of nitrogens with zero attached hydrogens (tertiary/aromatic N) is 1. The summed E-state index contributed by atoms with van der Waals surface area (Å²) in [7, 11) is 1.64. The number of aromatic nitrogens is 1. The molecule has 6 heteroatoms. The highest BCUT2D eigenvalue weighted by Crippen LogP contribution is 2.30. The number of para-hydroxylation sites is 1. The first-order valence-electron chi connectivity index (χ1n) is 9.16. The predicted molar refractivity (Wildman–Crippen MR) is 111 cm³/mol. The van der Waals surface area contributed by atoms with Crippen LogP contribution in [0.15, 0.2) is 53.5 Å². The third-order valence-corrected chi connectivity index (χ3v) is 4.06. The Morgan fingerprint density at radius 2 is 1.93 bits per heavy atom. The van der Waals surface area contributed by atoms with Gasteiger partial charge in [0.15, 0.2) is 17.5 Å². The number of guanidine groups is 1. The molecule has 0 aliphatic rings. The molecule has 0 saturated heterocycles. The Hall–Kier alpha value is -3.15. The van der Waals surface area contributed by atoms with Crippen LogP contribution in [0.1, 0.15) is 19.5 Å². The lowest BCUT2D eigenvalue weighted by Crippen LogP contribution is -2.30. The molecule has 0 fully saturated rings.